The van der Waals surface area contributed by atoms with Gasteiger partial charge < -0.3 is 5.32 Å². The van der Waals surface area contributed by atoms with E-state index in [0.29, 0.717) is 10.9 Å². The molecule has 1 rings (SSSR count). The van der Waals surface area contributed by atoms with E-state index in [1.807, 2.05) is 12.1 Å². The fourth-order valence-electron chi connectivity index (χ4n) is 2.05. The van der Waals surface area contributed by atoms with E-state index in [4.69, 9.17) is 0 Å². The molecule has 102 valence electrons. The lowest BCUT2D eigenvalue weighted by Gasteiger charge is -2.17. The Bertz CT molecular complexity index is 468. The number of nitrogens with one attached hydrogen (secondary N) is 1. The van der Waals surface area contributed by atoms with Gasteiger partial charge in [-0.25, -0.2) is 8.42 Å². The van der Waals surface area contributed by atoms with E-state index < -0.39 is 9.84 Å². The van der Waals surface area contributed by atoms with E-state index in [2.05, 4.69) is 19.2 Å². The fourth-order valence-corrected chi connectivity index (χ4v) is 3.19. The van der Waals surface area contributed by atoms with Crippen LogP contribution in [0.3, 0.4) is 0 Å². The summed E-state index contributed by atoms with van der Waals surface area (Å²) in [6.07, 6.45) is 1.76. The third-order valence-electron chi connectivity index (χ3n) is 3.14. The van der Waals surface area contributed by atoms with Crippen molar-refractivity contribution in [2.75, 3.05) is 12.3 Å². The van der Waals surface area contributed by atoms with Gasteiger partial charge in [-0.1, -0.05) is 39.0 Å². The van der Waals surface area contributed by atoms with Crippen LogP contribution >= 0.6 is 0 Å². The van der Waals surface area contributed by atoms with Crippen LogP contribution in [-0.2, 0) is 16.3 Å². The van der Waals surface area contributed by atoms with Crippen molar-refractivity contribution in [3.63, 3.8) is 0 Å². The zero-order valence-corrected chi connectivity index (χ0v) is 12.3. The molecule has 3 nitrogen and oxygen atoms in total. The molecule has 1 aromatic rings. The monoisotopic (exact) mass is 269 g/mol. The predicted octanol–water partition coefficient (Wildman–Crippen LogP) is 2.41. The Morgan fingerprint density at radius 3 is 2.39 bits per heavy atom. The first-order chi connectivity index (χ1) is 8.55. The lowest BCUT2D eigenvalue weighted by molar-refractivity contribution is 0.506. The highest BCUT2D eigenvalue weighted by molar-refractivity contribution is 7.91. The number of hydrogen-bond donors (Lipinski definition) is 1. The first-order valence-electron chi connectivity index (χ1n) is 6.59. The summed E-state index contributed by atoms with van der Waals surface area (Å²) < 4.78 is 24.1. The molecule has 0 saturated carbocycles. The molecule has 0 aliphatic heterocycles. The van der Waals surface area contributed by atoms with Crippen LogP contribution in [-0.4, -0.2) is 26.8 Å². The van der Waals surface area contributed by atoms with Gasteiger partial charge in [0.05, 0.1) is 10.6 Å². The van der Waals surface area contributed by atoms with Crippen LogP contribution in [0.2, 0.25) is 0 Å². The molecule has 0 bridgehead atoms. The lowest BCUT2D eigenvalue weighted by atomic mass is 10.0. The molecule has 1 unspecified atom stereocenters. The van der Waals surface area contributed by atoms with Crippen molar-refractivity contribution in [1.82, 2.24) is 5.32 Å². The summed E-state index contributed by atoms with van der Waals surface area (Å²) in [6.45, 7) is 6.77. The van der Waals surface area contributed by atoms with Crippen LogP contribution in [0.5, 0.6) is 0 Å². The minimum absolute atomic E-state index is 0.155. The van der Waals surface area contributed by atoms with E-state index in [0.717, 1.165) is 24.9 Å². The molecule has 0 radical (unpaired) electrons. The van der Waals surface area contributed by atoms with Gasteiger partial charge in [0, 0.05) is 6.04 Å². The predicted molar refractivity (Wildman–Crippen MR) is 75.6 cm³/mol. The summed E-state index contributed by atoms with van der Waals surface area (Å²) in [5.74, 6) is 0.155. The molecule has 0 aliphatic rings. The molecule has 1 atom stereocenters. The third kappa shape index (κ3) is 3.82. The van der Waals surface area contributed by atoms with Crippen LogP contribution in [0.15, 0.2) is 29.2 Å². The lowest BCUT2D eigenvalue weighted by Crippen LogP contribution is -2.30. The number of hydrogen-bond acceptors (Lipinski definition) is 3. The Morgan fingerprint density at radius 2 is 1.83 bits per heavy atom. The summed E-state index contributed by atoms with van der Waals surface area (Å²) in [6, 6.07) is 7.67. The number of rotatable bonds is 7. The number of benzene rings is 1. The van der Waals surface area contributed by atoms with E-state index in [9.17, 15) is 8.42 Å². The topological polar surface area (TPSA) is 46.2 Å². The van der Waals surface area contributed by atoms with Gasteiger partial charge in [0.1, 0.15) is 0 Å². The molecule has 0 aliphatic carbocycles. The third-order valence-corrected chi connectivity index (χ3v) is 4.97. The molecule has 0 amide bonds. The first-order valence-corrected chi connectivity index (χ1v) is 8.24. The zero-order chi connectivity index (χ0) is 13.6. The molecule has 1 aromatic carbocycles. The Labute approximate surface area is 111 Å². The second-order valence-corrected chi connectivity index (χ2v) is 6.62. The van der Waals surface area contributed by atoms with Gasteiger partial charge in [-0.15, -0.1) is 0 Å². The SMILES string of the molecule is CCNC(CC)Cc1ccccc1S(=O)(=O)CC. The average molecular weight is 269 g/mol. The number of likely N-dealkylation sites (N-methyl/N-ethyl adjacent to an activating group) is 1. The molecule has 1 N–H and O–H groups in total. The zero-order valence-electron chi connectivity index (χ0n) is 11.4. The van der Waals surface area contributed by atoms with E-state index in [1.165, 1.54) is 0 Å². The number of sulfone groups is 1. The van der Waals surface area contributed by atoms with Crippen LogP contribution < -0.4 is 5.32 Å². The van der Waals surface area contributed by atoms with Gasteiger partial charge in [-0.3, -0.25) is 0 Å². The van der Waals surface area contributed by atoms with E-state index in [-0.39, 0.29) is 5.75 Å². The standard InChI is InChI=1S/C14H23NO2S/c1-4-13(15-5-2)11-12-9-7-8-10-14(12)18(16,17)6-3/h7-10,13,15H,4-6,11H2,1-3H3. The van der Waals surface area contributed by atoms with Crippen molar-refractivity contribution >= 4 is 9.84 Å². The van der Waals surface area contributed by atoms with Crippen molar-refractivity contribution in [3.05, 3.63) is 29.8 Å². The maximum absolute atomic E-state index is 12.0. The van der Waals surface area contributed by atoms with Gasteiger partial charge in [0.15, 0.2) is 9.84 Å². The molecule has 18 heavy (non-hydrogen) atoms. The van der Waals surface area contributed by atoms with Crippen LogP contribution in [0, 0.1) is 0 Å². The molecule has 0 fully saturated rings. The first kappa shape index (κ1) is 15.2. The highest BCUT2D eigenvalue weighted by Crippen LogP contribution is 2.19. The van der Waals surface area contributed by atoms with Gasteiger partial charge in [0.25, 0.3) is 0 Å². The van der Waals surface area contributed by atoms with Crippen LogP contribution in [0.25, 0.3) is 0 Å². The summed E-state index contributed by atoms with van der Waals surface area (Å²) in [5, 5.41) is 3.38. The van der Waals surface area contributed by atoms with Crippen LogP contribution in [0.4, 0.5) is 0 Å². The maximum Gasteiger partial charge on any atom is 0.178 e. The Kier molecular flexibility index (Phi) is 5.82. The average Bonchev–Trinajstić information content (AvgIpc) is 2.38. The second-order valence-electron chi connectivity index (χ2n) is 4.38. The van der Waals surface area contributed by atoms with Gasteiger partial charge in [-0.2, -0.15) is 0 Å². The summed E-state index contributed by atoms with van der Waals surface area (Å²) in [5.41, 5.74) is 0.923. The normalized spacial score (nSPS) is 13.5. The molecule has 0 spiro atoms. The highest BCUT2D eigenvalue weighted by Gasteiger charge is 2.17. The molecule has 0 aromatic heterocycles. The Balaban J connectivity index is 3.03. The highest BCUT2D eigenvalue weighted by atomic mass is 32.2. The summed E-state index contributed by atoms with van der Waals surface area (Å²) >= 11 is 0. The van der Waals surface area contributed by atoms with Crippen molar-refractivity contribution < 1.29 is 8.42 Å². The molecule has 0 heterocycles. The molecule has 4 heteroatoms. The van der Waals surface area contributed by atoms with Gasteiger partial charge in [0.2, 0.25) is 0 Å². The summed E-state index contributed by atoms with van der Waals surface area (Å²) in [4.78, 5) is 0.490. The summed E-state index contributed by atoms with van der Waals surface area (Å²) in [7, 11) is -3.13. The van der Waals surface area contributed by atoms with E-state index in [1.54, 1.807) is 19.1 Å². The molecule has 0 saturated heterocycles. The van der Waals surface area contributed by atoms with Crippen molar-refractivity contribution in [2.24, 2.45) is 0 Å². The minimum atomic E-state index is -3.13. The van der Waals surface area contributed by atoms with E-state index >= 15 is 0 Å². The maximum atomic E-state index is 12.0. The van der Waals surface area contributed by atoms with Crippen molar-refractivity contribution in [3.8, 4) is 0 Å². The van der Waals surface area contributed by atoms with Crippen molar-refractivity contribution in [1.29, 1.82) is 0 Å². The quantitative estimate of drug-likeness (QED) is 0.827. The smallest absolute Gasteiger partial charge is 0.178 e. The van der Waals surface area contributed by atoms with Crippen molar-refractivity contribution in [2.45, 2.75) is 44.6 Å². The van der Waals surface area contributed by atoms with Gasteiger partial charge in [-0.05, 0) is 31.0 Å². The Morgan fingerprint density at radius 1 is 1.17 bits per heavy atom. The Hall–Kier alpha value is -0.870. The fraction of sp³-hybridized carbons (Fsp3) is 0.571. The second kappa shape index (κ2) is 6.90. The van der Waals surface area contributed by atoms with Gasteiger partial charge >= 0.3 is 0 Å². The minimum Gasteiger partial charge on any atom is -0.314 e. The molecular weight excluding hydrogens is 246 g/mol. The largest absolute Gasteiger partial charge is 0.314 e. The molecular formula is C14H23NO2S. The van der Waals surface area contributed by atoms with Crippen LogP contribution in [0.1, 0.15) is 32.8 Å².